The highest BCUT2D eigenvalue weighted by atomic mass is 16.6. The molecule has 1 aliphatic carbocycles. The predicted octanol–water partition coefficient (Wildman–Crippen LogP) is 4.68. The lowest BCUT2D eigenvalue weighted by Gasteiger charge is -2.57. The van der Waals surface area contributed by atoms with Gasteiger partial charge in [-0.05, 0) is 45.2 Å². The van der Waals surface area contributed by atoms with Gasteiger partial charge in [0.15, 0.2) is 0 Å². The Morgan fingerprint density at radius 3 is 2.53 bits per heavy atom. The molecule has 5 rings (SSSR count). The number of hydrogen-bond acceptors (Lipinski definition) is 7. The zero-order valence-corrected chi connectivity index (χ0v) is 22.2. The van der Waals surface area contributed by atoms with Crippen LogP contribution in [0, 0.1) is 5.41 Å². The van der Waals surface area contributed by atoms with E-state index in [1.807, 2.05) is 57.2 Å². The molecule has 1 saturated carbocycles. The second-order valence-corrected chi connectivity index (χ2v) is 11.6. The monoisotopic (exact) mass is 521 g/mol. The molecule has 2 fully saturated rings. The summed E-state index contributed by atoms with van der Waals surface area (Å²) in [6, 6.07) is 11.0. The van der Waals surface area contributed by atoms with Gasteiger partial charge in [-0.15, -0.1) is 0 Å². The maximum atomic E-state index is 12.9. The van der Waals surface area contributed by atoms with Gasteiger partial charge in [0.25, 0.3) is 0 Å². The fraction of sp³-hybridized carbons (Fsp3) is 0.517. The van der Waals surface area contributed by atoms with Crippen molar-refractivity contribution in [3.05, 3.63) is 59.4 Å². The summed E-state index contributed by atoms with van der Waals surface area (Å²) in [5.74, 6) is 0.661. The van der Waals surface area contributed by atoms with Crippen LogP contribution in [-0.4, -0.2) is 64.6 Å². The quantitative estimate of drug-likeness (QED) is 0.509. The summed E-state index contributed by atoms with van der Waals surface area (Å²) in [5.41, 5.74) is 2.03. The van der Waals surface area contributed by atoms with E-state index in [9.17, 15) is 14.4 Å². The summed E-state index contributed by atoms with van der Waals surface area (Å²) in [6.07, 6.45) is 4.19. The lowest BCUT2D eigenvalue weighted by Crippen LogP contribution is -2.65. The molecular weight excluding hydrogens is 486 g/mol. The second kappa shape index (κ2) is 10.3. The zero-order chi connectivity index (χ0) is 26.9. The highest BCUT2D eigenvalue weighted by Crippen LogP contribution is 2.50. The van der Waals surface area contributed by atoms with Crippen molar-refractivity contribution in [1.82, 2.24) is 14.8 Å². The minimum atomic E-state index is -0.637. The van der Waals surface area contributed by atoms with Gasteiger partial charge < -0.3 is 28.8 Å². The Hall–Kier alpha value is -3.62. The molecular formula is C29H35N3O6. The topological polar surface area (TPSA) is 98.3 Å². The molecule has 1 unspecified atom stereocenters. The van der Waals surface area contributed by atoms with Gasteiger partial charge in [-0.25, -0.2) is 9.59 Å². The van der Waals surface area contributed by atoms with Gasteiger partial charge in [-0.3, -0.25) is 4.98 Å². The van der Waals surface area contributed by atoms with Crippen LogP contribution >= 0.6 is 0 Å². The van der Waals surface area contributed by atoms with Crippen LogP contribution in [-0.2, 0) is 27.3 Å². The SMILES string of the molecule is CC(C)(C)OC(=O)N1CCc2nccc(OC3CC4(C3)CN(C(=O)OCc3ccccc3)C4)c2C1CC=O. The largest absolute Gasteiger partial charge is 0.490 e. The summed E-state index contributed by atoms with van der Waals surface area (Å²) >= 11 is 0. The molecule has 9 heteroatoms. The van der Waals surface area contributed by atoms with Crippen LogP contribution in [0.25, 0.3) is 0 Å². The lowest BCUT2D eigenvalue weighted by atomic mass is 9.62. The van der Waals surface area contributed by atoms with Crippen molar-refractivity contribution in [2.24, 2.45) is 5.41 Å². The van der Waals surface area contributed by atoms with Crippen molar-refractivity contribution in [3.8, 4) is 5.75 Å². The standard InChI is InChI=1S/C29H35N3O6/c1-28(2,3)38-27(35)32-13-10-22-25(23(32)11-14-33)24(9-12-30-22)37-21-15-29(16-21)18-31(19-29)26(34)36-17-20-7-5-4-6-8-20/h4-9,12,14,21,23H,10-11,13,15-19H2,1-3H3. The first-order valence-electron chi connectivity index (χ1n) is 13.2. The Kier molecular flexibility index (Phi) is 7.03. The van der Waals surface area contributed by atoms with Crippen LogP contribution < -0.4 is 4.74 Å². The van der Waals surface area contributed by atoms with Gasteiger partial charge in [0.2, 0.25) is 0 Å². The van der Waals surface area contributed by atoms with Gasteiger partial charge in [-0.1, -0.05) is 30.3 Å². The molecule has 3 aliphatic rings. The Morgan fingerprint density at radius 2 is 1.84 bits per heavy atom. The summed E-state index contributed by atoms with van der Waals surface area (Å²) in [6.45, 7) is 7.49. The molecule has 2 aromatic rings. The van der Waals surface area contributed by atoms with E-state index in [0.717, 1.165) is 35.9 Å². The van der Waals surface area contributed by atoms with Crippen LogP contribution in [0.4, 0.5) is 9.59 Å². The third-order valence-corrected chi connectivity index (χ3v) is 7.41. The molecule has 9 nitrogen and oxygen atoms in total. The van der Waals surface area contributed by atoms with Crippen LogP contribution in [0.1, 0.15) is 62.9 Å². The zero-order valence-electron chi connectivity index (χ0n) is 22.2. The Labute approximate surface area is 223 Å². The first-order valence-corrected chi connectivity index (χ1v) is 13.2. The molecule has 1 saturated heterocycles. The molecule has 38 heavy (non-hydrogen) atoms. The first kappa shape index (κ1) is 26.0. The molecule has 1 aromatic heterocycles. The number of hydrogen-bond donors (Lipinski definition) is 0. The highest BCUT2D eigenvalue weighted by molar-refractivity contribution is 5.71. The van der Waals surface area contributed by atoms with Crippen molar-refractivity contribution in [1.29, 1.82) is 0 Å². The number of fused-ring (bicyclic) bond motifs is 1. The predicted molar refractivity (Wildman–Crippen MR) is 139 cm³/mol. The lowest BCUT2D eigenvalue weighted by molar-refractivity contribution is -0.111. The number of aldehydes is 1. The van der Waals surface area contributed by atoms with E-state index >= 15 is 0 Å². The van der Waals surface area contributed by atoms with Crippen LogP contribution in [0.15, 0.2) is 42.6 Å². The van der Waals surface area contributed by atoms with Crippen LogP contribution in [0.2, 0.25) is 0 Å². The third-order valence-electron chi connectivity index (χ3n) is 7.41. The molecule has 0 radical (unpaired) electrons. The summed E-state index contributed by atoms with van der Waals surface area (Å²) < 4.78 is 17.5. The molecule has 2 aliphatic heterocycles. The molecule has 202 valence electrons. The van der Waals surface area contributed by atoms with Crippen molar-refractivity contribution >= 4 is 18.5 Å². The third kappa shape index (κ3) is 5.47. The molecule has 0 bridgehead atoms. The number of rotatable bonds is 6. The number of amides is 2. The first-order chi connectivity index (χ1) is 18.2. The van der Waals surface area contributed by atoms with E-state index in [4.69, 9.17) is 14.2 Å². The van der Waals surface area contributed by atoms with Gasteiger partial charge in [0.1, 0.15) is 30.3 Å². The number of pyridine rings is 1. The minimum Gasteiger partial charge on any atom is -0.490 e. The Balaban J connectivity index is 1.19. The van der Waals surface area contributed by atoms with E-state index in [0.29, 0.717) is 31.8 Å². The van der Waals surface area contributed by atoms with Crippen molar-refractivity contribution < 1.29 is 28.6 Å². The van der Waals surface area contributed by atoms with E-state index in [1.165, 1.54) is 0 Å². The number of carbonyl (C=O) groups is 3. The smallest absolute Gasteiger partial charge is 0.410 e. The van der Waals surface area contributed by atoms with Crippen LogP contribution in [0.3, 0.4) is 0 Å². The molecule has 3 heterocycles. The second-order valence-electron chi connectivity index (χ2n) is 11.6. The summed E-state index contributed by atoms with van der Waals surface area (Å²) in [5, 5.41) is 0. The number of aromatic nitrogens is 1. The van der Waals surface area contributed by atoms with Crippen molar-refractivity contribution in [2.45, 2.75) is 70.8 Å². The highest BCUT2D eigenvalue weighted by Gasteiger charge is 2.55. The normalized spacial score (nSPS) is 20.1. The number of benzene rings is 1. The molecule has 1 atom stereocenters. The van der Waals surface area contributed by atoms with Crippen LogP contribution in [0.5, 0.6) is 5.75 Å². The minimum absolute atomic E-state index is 0.00206. The molecule has 0 N–H and O–H groups in total. The van der Waals surface area contributed by atoms with Crippen molar-refractivity contribution in [2.75, 3.05) is 19.6 Å². The molecule has 1 spiro atoms. The number of nitrogens with zero attached hydrogens (tertiary/aromatic N) is 3. The van der Waals surface area contributed by atoms with E-state index < -0.39 is 17.7 Å². The van der Waals surface area contributed by atoms with Gasteiger partial charge in [0.05, 0.1) is 11.7 Å². The van der Waals surface area contributed by atoms with Gasteiger partial charge in [-0.2, -0.15) is 0 Å². The fourth-order valence-corrected chi connectivity index (χ4v) is 5.70. The van der Waals surface area contributed by atoms with E-state index in [2.05, 4.69) is 4.98 Å². The fourth-order valence-electron chi connectivity index (χ4n) is 5.70. The van der Waals surface area contributed by atoms with Gasteiger partial charge >= 0.3 is 12.2 Å². The molecule has 1 aromatic carbocycles. The van der Waals surface area contributed by atoms with E-state index in [-0.39, 0.29) is 30.6 Å². The van der Waals surface area contributed by atoms with Gasteiger partial charge in [0, 0.05) is 49.7 Å². The van der Waals surface area contributed by atoms with Crippen molar-refractivity contribution in [3.63, 3.8) is 0 Å². The summed E-state index contributed by atoms with van der Waals surface area (Å²) in [7, 11) is 0. The number of carbonyl (C=O) groups excluding carboxylic acids is 3. The Morgan fingerprint density at radius 1 is 1.11 bits per heavy atom. The average molecular weight is 522 g/mol. The van der Waals surface area contributed by atoms with E-state index in [1.54, 1.807) is 16.0 Å². The number of ether oxygens (including phenoxy) is 3. The Bertz CT molecular complexity index is 1180. The maximum Gasteiger partial charge on any atom is 0.410 e. The molecule has 2 amide bonds. The summed E-state index contributed by atoms with van der Waals surface area (Å²) in [4.78, 5) is 44.8. The maximum absolute atomic E-state index is 12.9. The number of likely N-dealkylation sites (tertiary alicyclic amines) is 1. The average Bonchev–Trinajstić information content (AvgIpc) is 2.83.